The van der Waals surface area contributed by atoms with Crippen LogP contribution in [0.15, 0.2) is 41.5 Å². The van der Waals surface area contributed by atoms with E-state index in [2.05, 4.69) is 10.6 Å². The highest BCUT2D eigenvalue weighted by atomic mass is 19.1. The molecule has 4 atom stereocenters. The Morgan fingerprint density at radius 2 is 1.67 bits per heavy atom. The number of carbonyl (C=O) groups is 3. The zero-order valence-electron chi connectivity index (χ0n) is 26.0. The quantitative estimate of drug-likeness (QED) is 0.184. The van der Waals surface area contributed by atoms with Gasteiger partial charge in [0.05, 0.1) is 18.1 Å². The lowest BCUT2D eigenvalue weighted by Gasteiger charge is -2.42. The summed E-state index contributed by atoms with van der Waals surface area (Å²) in [6.45, 7) is 10.1. The second-order valence-electron chi connectivity index (χ2n) is 11.9. The summed E-state index contributed by atoms with van der Waals surface area (Å²) in [5.74, 6) is -4.04. The second-order valence-corrected chi connectivity index (χ2v) is 11.9. The average Bonchev–Trinajstić information content (AvgIpc) is 2.93. The first-order chi connectivity index (χ1) is 20.3. The predicted molar refractivity (Wildman–Crippen MR) is 162 cm³/mol. The van der Waals surface area contributed by atoms with Crippen LogP contribution < -0.4 is 16.4 Å². The molecule has 0 aliphatic heterocycles. The normalized spacial score (nSPS) is 18.8. The molecule has 1 aromatic carbocycles. The van der Waals surface area contributed by atoms with Gasteiger partial charge in [0.2, 0.25) is 17.7 Å². The number of nitrogens with zero attached hydrogens (tertiary/aromatic N) is 1. The van der Waals surface area contributed by atoms with Crippen LogP contribution in [-0.4, -0.2) is 77.8 Å². The van der Waals surface area contributed by atoms with Crippen molar-refractivity contribution in [2.75, 3.05) is 32.8 Å². The monoisotopic (exact) mass is 606 g/mol. The van der Waals surface area contributed by atoms with E-state index >= 15 is 0 Å². The number of nitrogens with one attached hydrogen (secondary N) is 2. The molecule has 1 aliphatic rings. The number of carbonyl (C=O) groups excluding carboxylic acids is 3. The first kappa shape index (κ1) is 36.0. The highest BCUT2D eigenvalue weighted by molar-refractivity contribution is 5.97. The minimum absolute atomic E-state index is 0.125. The van der Waals surface area contributed by atoms with Gasteiger partial charge >= 0.3 is 0 Å². The Morgan fingerprint density at radius 1 is 1.07 bits per heavy atom. The molecular formula is C32H48F2N4O5. The summed E-state index contributed by atoms with van der Waals surface area (Å²) in [7, 11) is 0. The number of halogens is 2. The molecule has 6 N–H and O–H groups in total. The summed E-state index contributed by atoms with van der Waals surface area (Å²) in [6, 6.07) is 1.91. The Hall–Kier alpha value is -3.15. The molecule has 0 bridgehead atoms. The summed E-state index contributed by atoms with van der Waals surface area (Å²) < 4.78 is 28.4. The van der Waals surface area contributed by atoms with Gasteiger partial charge in [0, 0.05) is 43.7 Å². The number of allylic oxidation sites excluding steroid dienone is 2. The molecule has 11 heteroatoms. The molecule has 0 spiro atoms. The molecule has 43 heavy (non-hydrogen) atoms. The highest BCUT2D eigenvalue weighted by Gasteiger charge is 2.48. The molecular weight excluding hydrogens is 558 g/mol. The first-order valence-corrected chi connectivity index (χ1v) is 15.0. The molecule has 1 unspecified atom stereocenters. The fourth-order valence-electron chi connectivity index (χ4n) is 5.63. The number of amides is 3. The lowest BCUT2D eigenvalue weighted by molar-refractivity contribution is -0.132. The van der Waals surface area contributed by atoms with Gasteiger partial charge in [-0.2, -0.15) is 0 Å². The van der Waals surface area contributed by atoms with Crippen LogP contribution in [-0.2, 0) is 20.8 Å². The lowest BCUT2D eigenvalue weighted by Crippen LogP contribution is -2.54. The van der Waals surface area contributed by atoms with E-state index in [1.807, 2.05) is 27.7 Å². The number of hydrogen-bond donors (Lipinski definition) is 5. The van der Waals surface area contributed by atoms with Crippen molar-refractivity contribution in [3.05, 3.63) is 58.7 Å². The molecule has 2 rings (SSSR count). The molecule has 3 amide bonds. The van der Waals surface area contributed by atoms with Gasteiger partial charge in [-0.15, -0.1) is 0 Å². The number of aliphatic hydroxyl groups is 2. The summed E-state index contributed by atoms with van der Waals surface area (Å²) >= 11 is 0. The SMILES string of the molecule is CCCN(CCC)C(=O)C1=CC(C)=CC(C(N)=O)([C@H](Cc2cc(F)cc(F)c2)[C@@H](O)CN[C@H](CO)C(=O)NCC(C)C)C1. The predicted octanol–water partition coefficient (Wildman–Crippen LogP) is 2.60. The zero-order valence-corrected chi connectivity index (χ0v) is 26.0. The molecule has 1 aromatic rings. The van der Waals surface area contributed by atoms with Gasteiger partial charge in [-0.05, 0) is 56.2 Å². The summed E-state index contributed by atoms with van der Waals surface area (Å²) in [6.07, 6.45) is 3.12. The van der Waals surface area contributed by atoms with E-state index in [9.17, 15) is 33.4 Å². The second kappa shape index (κ2) is 16.6. The maximum Gasteiger partial charge on any atom is 0.249 e. The molecule has 0 aromatic heterocycles. The van der Waals surface area contributed by atoms with E-state index in [0.29, 0.717) is 30.8 Å². The molecule has 9 nitrogen and oxygen atoms in total. The van der Waals surface area contributed by atoms with E-state index in [4.69, 9.17) is 5.73 Å². The fraction of sp³-hybridized carbons (Fsp3) is 0.594. The van der Waals surface area contributed by atoms with Crippen LogP contribution in [0.3, 0.4) is 0 Å². The van der Waals surface area contributed by atoms with E-state index in [0.717, 1.165) is 31.0 Å². The standard InChI is InChI=1S/C32H48F2N4O5/c1-6-8-38(9-7-2)30(42)23-10-21(5)15-32(16-23,31(35)43)26(13-22-11-24(33)14-25(34)12-22)28(40)18-36-27(19-39)29(41)37-17-20(3)4/h10-12,14-15,20,26-28,36,39-40H,6-9,13,16-19H2,1-5H3,(H2,35,43)(H,37,41)/t26-,27-,28+,32?/m1/s1. The van der Waals surface area contributed by atoms with Gasteiger partial charge in [0.25, 0.3) is 0 Å². The van der Waals surface area contributed by atoms with Gasteiger partial charge in [0.1, 0.15) is 17.7 Å². The molecule has 0 fully saturated rings. The molecule has 0 saturated carbocycles. The molecule has 0 heterocycles. The van der Waals surface area contributed by atoms with E-state index in [1.165, 1.54) is 0 Å². The third kappa shape index (κ3) is 9.94. The Labute approximate surface area is 253 Å². The third-order valence-corrected chi connectivity index (χ3v) is 7.64. The van der Waals surface area contributed by atoms with Crippen LogP contribution in [0, 0.1) is 28.9 Å². The molecule has 1 aliphatic carbocycles. The zero-order chi connectivity index (χ0) is 32.3. The smallest absolute Gasteiger partial charge is 0.249 e. The Balaban J connectivity index is 2.52. The number of aliphatic hydroxyl groups excluding tert-OH is 2. The number of hydrogen-bond acceptors (Lipinski definition) is 6. The van der Waals surface area contributed by atoms with E-state index < -0.39 is 53.5 Å². The van der Waals surface area contributed by atoms with E-state index in [-0.39, 0.29) is 36.8 Å². The average molecular weight is 607 g/mol. The van der Waals surface area contributed by atoms with Gasteiger partial charge in [-0.1, -0.05) is 45.4 Å². The Bertz CT molecular complexity index is 1160. The third-order valence-electron chi connectivity index (χ3n) is 7.64. The van der Waals surface area contributed by atoms with Crippen molar-refractivity contribution in [2.24, 2.45) is 23.0 Å². The fourth-order valence-corrected chi connectivity index (χ4v) is 5.63. The lowest BCUT2D eigenvalue weighted by atomic mass is 9.63. The van der Waals surface area contributed by atoms with Crippen LogP contribution in [0.2, 0.25) is 0 Å². The van der Waals surface area contributed by atoms with Gasteiger partial charge in [-0.3, -0.25) is 14.4 Å². The topological polar surface area (TPSA) is 145 Å². The minimum Gasteiger partial charge on any atom is -0.394 e. The number of nitrogens with two attached hydrogens (primary N) is 1. The Kier molecular flexibility index (Phi) is 13.9. The van der Waals surface area contributed by atoms with Crippen molar-refractivity contribution in [3.8, 4) is 0 Å². The van der Waals surface area contributed by atoms with Crippen molar-refractivity contribution in [1.29, 1.82) is 0 Å². The van der Waals surface area contributed by atoms with Gasteiger partial charge in [0.15, 0.2) is 0 Å². The highest BCUT2D eigenvalue weighted by Crippen LogP contribution is 2.44. The van der Waals surface area contributed by atoms with Crippen molar-refractivity contribution in [3.63, 3.8) is 0 Å². The largest absolute Gasteiger partial charge is 0.394 e. The van der Waals surface area contributed by atoms with Crippen molar-refractivity contribution < 1.29 is 33.4 Å². The first-order valence-electron chi connectivity index (χ1n) is 15.0. The molecule has 0 radical (unpaired) electrons. The summed E-state index contributed by atoms with van der Waals surface area (Å²) in [5, 5.41) is 27.0. The van der Waals surface area contributed by atoms with Crippen molar-refractivity contribution in [1.82, 2.24) is 15.5 Å². The van der Waals surface area contributed by atoms with Crippen LogP contribution >= 0.6 is 0 Å². The maximum atomic E-state index is 14.2. The van der Waals surface area contributed by atoms with Crippen LogP contribution in [0.5, 0.6) is 0 Å². The van der Waals surface area contributed by atoms with Crippen LogP contribution in [0.4, 0.5) is 8.78 Å². The Morgan fingerprint density at radius 3 is 2.19 bits per heavy atom. The number of primary amides is 1. The summed E-state index contributed by atoms with van der Waals surface area (Å²) in [4.78, 5) is 41.3. The van der Waals surface area contributed by atoms with Crippen LogP contribution in [0.1, 0.15) is 59.4 Å². The van der Waals surface area contributed by atoms with Gasteiger partial charge in [-0.25, -0.2) is 8.78 Å². The van der Waals surface area contributed by atoms with Crippen molar-refractivity contribution >= 4 is 17.7 Å². The minimum atomic E-state index is -1.60. The summed E-state index contributed by atoms with van der Waals surface area (Å²) in [5.41, 5.74) is 5.56. The maximum absolute atomic E-state index is 14.2. The number of benzene rings is 1. The number of rotatable bonds is 17. The van der Waals surface area contributed by atoms with E-state index in [1.54, 1.807) is 24.0 Å². The molecule has 0 saturated heterocycles. The van der Waals surface area contributed by atoms with Crippen molar-refractivity contribution in [2.45, 2.75) is 72.4 Å². The van der Waals surface area contributed by atoms with Crippen LogP contribution in [0.25, 0.3) is 0 Å². The van der Waals surface area contributed by atoms with Gasteiger partial charge < -0.3 is 31.5 Å². The molecule has 240 valence electrons.